The van der Waals surface area contributed by atoms with Gasteiger partial charge in [0.15, 0.2) is 11.6 Å². The lowest BCUT2D eigenvalue weighted by molar-refractivity contribution is -0.130. The quantitative estimate of drug-likeness (QED) is 0.210. The number of hydrogen-bond acceptors (Lipinski definition) is 8. The third-order valence-electron chi connectivity index (χ3n) is 6.05. The number of benzene rings is 2. The van der Waals surface area contributed by atoms with E-state index < -0.39 is 57.1 Å². The van der Waals surface area contributed by atoms with Crippen LogP contribution >= 0.6 is 23.1 Å². The van der Waals surface area contributed by atoms with Crippen LogP contribution in [0.15, 0.2) is 58.8 Å². The molecule has 1 unspecified atom stereocenters. The van der Waals surface area contributed by atoms with Gasteiger partial charge in [-0.1, -0.05) is 6.07 Å². The molecule has 3 amide bonds. The fraction of sp³-hybridized carbons (Fsp3) is 0.267. The van der Waals surface area contributed by atoms with Gasteiger partial charge in [0.1, 0.15) is 11.6 Å². The molecule has 3 aromatic rings. The first kappa shape index (κ1) is 32.2. The second-order valence-electron chi connectivity index (χ2n) is 10.6. The number of nitrogens with one attached hydrogen (secondary N) is 1. The van der Waals surface area contributed by atoms with E-state index >= 15 is 0 Å². The van der Waals surface area contributed by atoms with E-state index in [4.69, 9.17) is 4.74 Å². The molecule has 1 aliphatic rings. The van der Waals surface area contributed by atoms with Crippen LogP contribution in [0.3, 0.4) is 0 Å². The number of nitrogens with zero attached hydrogens (tertiary/aromatic N) is 1. The van der Waals surface area contributed by atoms with Crippen molar-refractivity contribution in [3.05, 3.63) is 80.9 Å². The van der Waals surface area contributed by atoms with E-state index in [1.807, 2.05) is 0 Å². The molecule has 226 valence electrons. The number of rotatable bonds is 9. The Hall–Kier alpha value is -3.68. The summed E-state index contributed by atoms with van der Waals surface area (Å²) in [5.41, 5.74) is 0.986. The number of anilines is 1. The summed E-state index contributed by atoms with van der Waals surface area (Å²) in [5.74, 6) is -3.74. The summed E-state index contributed by atoms with van der Waals surface area (Å²) in [5, 5.41) is 3.73. The molecule has 1 saturated heterocycles. The summed E-state index contributed by atoms with van der Waals surface area (Å²) in [6.07, 6.45) is 2.93. The van der Waals surface area contributed by atoms with Gasteiger partial charge in [-0.3, -0.25) is 23.5 Å². The number of esters is 1. The van der Waals surface area contributed by atoms with Crippen LogP contribution in [0.5, 0.6) is 0 Å². The van der Waals surface area contributed by atoms with Crippen molar-refractivity contribution in [2.75, 3.05) is 17.3 Å². The maximum atomic E-state index is 13.7. The Labute approximate surface area is 257 Å². The number of ether oxygens (including phenoxy) is 1. The van der Waals surface area contributed by atoms with Gasteiger partial charge in [0.2, 0.25) is 5.91 Å². The molecule has 1 aliphatic heterocycles. The van der Waals surface area contributed by atoms with Gasteiger partial charge in [0.05, 0.1) is 10.5 Å². The van der Waals surface area contributed by atoms with E-state index in [0.29, 0.717) is 33.5 Å². The minimum absolute atomic E-state index is 0.0322. The highest BCUT2D eigenvalue weighted by molar-refractivity contribution is 8.18. The highest BCUT2D eigenvalue weighted by Gasteiger charge is 2.43. The second kappa shape index (κ2) is 13.3. The summed E-state index contributed by atoms with van der Waals surface area (Å²) >= 11 is 1.91. The van der Waals surface area contributed by atoms with E-state index in [1.165, 1.54) is 54.0 Å². The summed E-state index contributed by atoms with van der Waals surface area (Å²) in [7, 11) is -1.30. The zero-order chi connectivity index (χ0) is 31.5. The van der Waals surface area contributed by atoms with Gasteiger partial charge in [-0.2, -0.15) is 0 Å². The summed E-state index contributed by atoms with van der Waals surface area (Å²) in [6.45, 7) is 5.24. The molecular formula is C30H28F2N2O6S3. The molecular weight excluding hydrogens is 619 g/mol. The number of thioether (sulfide) groups is 1. The predicted octanol–water partition coefficient (Wildman–Crippen LogP) is 6.46. The van der Waals surface area contributed by atoms with Crippen molar-refractivity contribution in [1.29, 1.82) is 0 Å². The monoisotopic (exact) mass is 646 g/mol. The Morgan fingerprint density at radius 2 is 1.74 bits per heavy atom. The normalized spacial score (nSPS) is 16.0. The lowest BCUT2D eigenvalue weighted by Gasteiger charge is -2.24. The SMILES string of the molecule is CS(=O)CC[C@@H](C(=O)Nc1ccc(C(=O)OC(C)(C)C)cc1)N1C(=O)S/C(=C\c2cc(-c3ccc(F)c(F)c3)cs2)C1=O. The summed E-state index contributed by atoms with van der Waals surface area (Å²) < 4.78 is 44.2. The van der Waals surface area contributed by atoms with Crippen LogP contribution in [-0.2, 0) is 25.1 Å². The zero-order valence-electron chi connectivity index (χ0n) is 23.6. The minimum atomic E-state index is -1.30. The van der Waals surface area contributed by atoms with Gasteiger partial charge in [0.25, 0.3) is 11.1 Å². The standard InChI is InChI=1S/C30H28F2N2O6S3/c1-30(2,3)40-28(37)17-5-8-20(9-6-17)33-26(35)24(11-12-43(4)39)34-27(36)25(42-29(34)38)15-21-13-19(16-41-21)18-7-10-22(31)23(32)14-18/h5-10,13-16,24H,11-12H2,1-4H3,(H,33,35)/b25-15-/t24-,43?/m0/s1. The Bertz CT molecular complexity index is 1630. The largest absolute Gasteiger partial charge is 0.456 e. The van der Waals surface area contributed by atoms with Gasteiger partial charge < -0.3 is 10.1 Å². The van der Waals surface area contributed by atoms with Crippen LogP contribution in [-0.4, -0.2) is 55.8 Å². The smallest absolute Gasteiger partial charge is 0.338 e. The molecule has 43 heavy (non-hydrogen) atoms. The van der Waals surface area contributed by atoms with Crippen molar-refractivity contribution in [3.8, 4) is 11.1 Å². The summed E-state index contributed by atoms with van der Waals surface area (Å²) in [6, 6.07) is 9.94. The first-order valence-corrected chi connectivity index (χ1v) is 16.4. The second-order valence-corrected chi connectivity index (χ2v) is 14.1. The highest BCUT2D eigenvalue weighted by Crippen LogP contribution is 2.36. The third-order valence-corrected chi connectivity index (χ3v) is 8.62. The lowest BCUT2D eigenvalue weighted by atomic mass is 10.1. The number of halogens is 2. The zero-order valence-corrected chi connectivity index (χ0v) is 26.1. The molecule has 0 spiro atoms. The highest BCUT2D eigenvalue weighted by atomic mass is 32.2. The van der Waals surface area contributed by atoms with Crippen molar-refractivity contribution in [1.82, 2.24) is 4.90 Å². The molecule has 0 saturated carbocycles. The Balaban J connectivity index is 1.52. The molecule has 1 N–H and O–H groups in total. The van der Waals surface area contributed by atoms with Gasteiger partial charge >= 0.3 is 5.97 Å². The van der Waals surface area contributed by atoms with Crippen molar-refractivity contribution < 1.29 is 36.9 Å². The maximum absolute atomic E-state index is 13.7. The van der Waals surface area contributed by atoms with Gasteiger partial charge in [-0.25, -0.2) is 13.6 Å². The van der Waals surface area contributed by atoms with E-state index in [-0.39, 0.29) is 22.6 Å². The van der Waals surface area contributed by atoms with Gasteiger partial charge in [0, 0.05) is 33.4 Å². The molecule has 4 rings (SSSR count). The van der Waals surface area contributed by atoms with Crippen LogP contribution in [0.4, 0.5) is 19.3 Å². The van der Waals surface area contributed by atoms with Crippen LogP contribution in [0.1, 0.15) is 42.4 Å². The average molecular weight is 647 g/mol. The summed E-state index contributed by atoms with van der Waals surface area (Å²) in [4.78, 5) is 53.6. The fourth-order valence-electron chi connectivity index (χ4n) is 4.04. The molecule has 1 fully saturated rings. The van der Waals surface area contributed by atoms with Crippen molar-refractivity contribution in [2.45, 2.75) is 38.8 Å². The van der Waals surface area contributed by atoms with Crippen LogP contribution in [0.25, 0.3) is 17.2 Å². The van der Waals surface area contributed by atoms with Crippen molar-refractivity contribution >= 4 is 68.7 Å². The third kappa shape index (κ3) is 8.24. The van der Waals surface area contributed by atoms with E-state index in [9.17, 15) is 32.2 Å². The lowest BCUT2D eigenvalue weighted by Crippen LogP contribution is -2.47. The number of hydrogen-bond donors (Lipinski definition) is 1. The molecule has 0 aliphatic carbocycles. The first-order chi connectivity index (χ1) is 20.2. The molecule has 1 aromatic heterocycles. The number of thiophene rings is 1. The molecule has 0 bridgehead atoms. The predicted molar refractivity (Wildman–Crippen MR) is 165 cm³/mol. The van der Waals surface area contributed by atoms with Crippen molar-refractivity contribution in [2.24, 2.45) is 0 Å². The maximum Gasteiger partial charge on any atom is 0.338 e. The first-order valence-electron chi connectivity index (χ1n) is 13.0. The van der Waals surface area contributed by atoms with Crippen LogP contribution in [0.2, 0.25) is 0 Å². The number of carbonyl (C=O) groups excluding carboxylic acids is 4. The fourth-order valence-corrected chi connectivity index (χ4v) is 6.39. The topological polar surface area (TPSA) is 110 Å². The Morgan fingerprint density at radius 3 is 2.37 bits per heavy atom. The minimum Gasteiger partial charge on any atom is -0.456 e. The Kier molecular flexibility index (Phi) is 9.98. The molecule has 2 atom stereocenters. The molecule has 2 heterocycles. The van der Waals surface area contributed by atoms with E-state index in [0.717, 1.165) is 17.0 Å². The molecule has 0 radical (unpaired) electrons. The van der Waals surface area contributed by atoms with Gasteiger partial charge in [-0.15, -0.1) is 11.3 Å². The number of carbonyl (C=O) groups is 4. The van der Waals surface area contributed by atoms with E-state index in [1.54, 1.807) is 32.2 Å². The van der Waals surface area contributed by atoms with E-state index in [2.05, 4.69) is 5.32 Å². The average Bonchev–Trinajstić information content (AvgIpc) is 3.49. The number of imide groups is 1. The molecule has 8 nitrogen and oxygen atoms in total. The molecule has 13 heteroatoms. The van der Waals surface area contributed by atoms with Gasteiger partial charge in [-0.05, 0) is 104 Å². The number of amides is 3. The molecule has 2 aromatic carbocycles. The van der Waals surface area contributed by atoms with Crippen molar-refractivity contribution in [3.63, 3.8) is 0 Å². The Morgan fingerprint density at radius 1 is 1.05 bits per heavy atom. The van der Waals surface area contributed by atoms with Crippen LogP contribution < -0.4 is 5.32 Å². The van der Waals surface area contributed by atoms with Crippen LogP contribution in [0, 0.1) is 11.6 Å².